The second-order valence-electron chi connectivity index (χ2n) is 6.77. The Labute approximate surface area is 157 Å². The van der Waals surface area contributed by atoms with Crippen molar-refractivity contribution < 1.29 is 17.9 Å². The van der Waals surface area contributed by atoms with Crippen LogP contribution in [-0.4, -0.2) is 41.1 Å². The Morgan fingerprint density at radius 3 is 2.31 bits per heavy atom. The molecule has 2 N–H and O–H groups in total. The van der Waals surface area contributed by atoms with Gasteiger partial charge in [-0.2, -0.15) is 0 Å². The highest BCUT2D eigenvalue weighted by molar-refractivity contribution is 7.89. The first kappa shape index (κ1) is 22.6. The van der Waals surface area contributed by atoms with Gasteiger partial charge in [0.25, 0.3) is 5.91 Å². The van der Waals surface area contributed by atoms with Crippen molar-refractivity contribution >= 4 is 15.9 Å². The maximum absolute atomic E-state index is 12.1. The van der Waals surface area contributed by atoms with E-state index in [-0.39, 0.29) is 17.3 Å². The molecule has 7 heteroatoms. The molecule has 0 aliphatic heterocycles. The van der Waals surface area contributed by atoms with E-state index in [9.17, 15) is 13.2 Å². The van der Waals surface area contributed by atoms with E-state index in [0.717, 1.165) is 18.8 Å². The Balaban J connectivity index is 2.37. The number of rotatable bonds is 13. The summed E-state index contributed by atoms with van der Waals surface area (Å²) >= 11 is 0. The molecule has 0 radical (unpaired) electrons. The first-order valence-corrected chi connectivity index (χ1v) is 10.7. The number of sulfonamides is 1. The molecule has 0 aromatic heterocycles. The molecule has 1 aromatic carbocycles. The van der Waals surface area contributed by atoms with Crippen LogP contribution in [0.1, 0.15) is 56.3 Å². The monoisotopic (exact) mass is 384 g/mol. The number of methoxy groups -OCH3 is 1. The van der Waals surface area contributed by atoms with Gasteiger partial charge in [-0.15, -0.1) is 0 Å². The van der Waals surface area contributed by atoms with Crippen molar-refractivity contribution in [3.05, 3.63) is 29.8 Å². The zero-order valence-electron chi connectivity index (χ0n) is 16.1. The van der Waals surface area contributed by atoms with Crippen LogP contribution in [0, 0.1) is 5.92 Å². The quantitative estimate of drug-likeness (QED) is 0.512. The molecule has 0 saturated heterocycles. The molecule has 0 heterocycles. The molecular weight excluding hydrogens is 352 g/mol. The standard InChI is InChI=1S/C19H32N2O4S/c1-16(2)8-6-4-5-7-13-20-19(22)17-9-11-18(12-10-17)26(23,24)21-14-15-25-3/h9-12,16,21H,4-8,13-15H2,1-3H3,(H,20,22). The van der Waals surface area contributed by atoms with Crippen LogP contribution in [0.4, 0.5) is 0 Å². The van der Waals surface area contributed by atoms with Crippen LogP contribution in [0.5, 0.6) is 0 Å². The number of unbranched alkanes of at least 4 members (excludes halogenated alkanes) is 3. The van der Waals surface area contributed by atoms with E-state index in [0.29, 0.717) is 18.7 Å². The molecular formula is C19H32N2O4S. The minimum absolute atomic E-state index is 0.135. The third kappa shape index (κ3) is 8.78. The highest BCUT2D eigenvalue weighted by Crippen LogP contribution is 2.11. The number of amides is 1. The summed E-state index contributed by atoms with van der Waals surface area (Å²) in [5.74, 6) is 0.570. The predicted molar refractivity (Wildman–Crippen MR) is 104 cm³/mol. The predicted octanol–water partition coefficient (Wildman–Crippen LogP) is 2.95. The van der Waals surface area contributed by atoms with Crippen LogP contribution in [-0.2, 0) is 14.8 Å². The number of benzene rings is 1. The van der Waals surface area contributed by atoms with Crippen LogP contribution in [0.2, 0.25) is 0 Å². The van der Waals surface area contributed by atoms with E-state index in [1.807, 2.05) is 0 Å². The van der Waals surface area contributed by atoms with Crippen molar-refractivity contribution in [1.82, 2.24) is 10.0 Å². The van der Waals surface area contributed by atoms with Gasteiger partial charge in [0.1, 0.15) is 0 Å². The lowest BCUT2D eigenvalue weighted by Crippen LogP contribution is -2.27. The zero-order valence-corrected chi connectivity index (χ0v) is 16.9. The molecule has 0 saturated carbocycles. The highest BCUT2D eigenvalue weighted by Gasteiger charge is 2.14. The molecule has 26 heavy (non-hydrogen) atoms. The van der Waals surface area contributed by atoms with Gasteiger partial charge in [-0.25, -0.2) is 13.1 Å². The second kappa shape index (κ2) is 12.0. The molecule has 0 aliphatic rings. The molecule has 0 bridgehead atoms. The summed E-state index contributed by atoms with van der Waals surface area (Å²) in [5.41, 5.74) is 0.459. The lowest BCUT2D eigenvalue weighted by atomic mass is 10.0. The number of hydrogen-bond donors (Lipinski definition) is 2. The van der Waals surface area contributed by atoms with Gasteiger partial charge in [-0.3, -0.25) is 4.79 Å². The molecule has 148 valence electrons. The molecule has 1 amide bonds. The largest absolute Gasteiger partial charge is 0.383 e. The third-order valence-corrected chi connectivity index (χ3v) is 5.50. The summed E-state index contributed by atoms with van der Waals surface area (Å²) in [6.45, 7) is 5.60. The van der Waals surface area contributed by atoms with Crippen LogP contribution in [0.25, 0.3) is 0 Å². The maximum Gasteiger partial charge on any atom is 0.251 e. The van der Waals surface area contributed by atoms with Gasteiger partial charge in [0.2, 0.25) is 10.0 Å². The molecule has 0 fully saturated rings. The fourth-order valence-electron chi connectivity index (χ4n) is 2.48. The Kier molecular flexibility index (Phi) is 10.5. The third-order valence-electron chi connectivity index (χ3n) is 4.02. The Morgan fingerprint density at radius 1 is 1.04 bits per heavy atom. The topological polar surface area (TPSA) is 84.5 Å². The Hall–Kier alpha value is -1.44. The van der Waals surface area contributed by atoms with Crippen molar-refractivity contribution in [3.63, 3.8) is 0 Å². The lowest BCUT2D eigenvalue weighted by molar-refractivity contribution is 0.0953. The summed E-state index contributed by atoms with van der Waals surface area (Å²) < 4.78 is 31.4. The lowest BCUT2D eigenvalue weighted by Gasteiger charge is -2.08. The fourth-order valence-corrected chi connectivity index (χ4v) is 3.50. The average molecular weight is 385 g/mol. The number of carbonyl (C=O) groups excluding carboxylic acids is 1. The first-order chi connectivity index (χ1) is 12.4. The van der Waals surface area contributed by atoms with E-state index in [1.54, 1.807) is 0 Å². The van der Waals surface area contributed by atoms with E-state index < -0.39 is 10.0 Å². The smallest absolute Gasteiger partial charge is 0.251 e. The van der Waals surface area contributed by atoms with Crippen molar-refractivity contribution in [1.29, 1.82) is 0 Å². The number of ether oxygens (including phenoxy) is 1. The second-order valence-corrected chi connectivity index (χ2v) is 8.53. The van der Waals surface area contributed by atoms with Crippen molar-refractivity contribution in [2.24, 2.45) is 5.92 Å². The van der Waals surface area contributed by atoms with Gasteiger partial charge in [0, 0.05) is 25.8 Å². The van der Waals surface area contributed by atoms with Crippen molar-refractivity contribution in [2.45, 2.75) is 50.8 Å². The molecule has 6 nitrogen and oxygen atoms in total. The summed E-state index contributed by atoms with van der Waals surface area (Å²) in [4.78, 5) is 12.2. The zero-order chi connectivity index (χ0) is 19.4. The van der Waals surface area contributed by atoms with Crippen LogP contribution in [0.15, 0.2) is 29.2 Å². The van der Waals surface area contributed by atoms with Gasteiger partial charge in [0.15, 0.2) is 0 Å². The first-order valence-electron chi connectivity index (χ1n) is 9.23. The summed E-state index contributed by atoms with van der Waals surface area (Å²) in [7, 11) is -2.07. The van der Waals surface area contributed by atoms with Crippen LogP contribution in [0.3, 0.4) is 0 Å². The number of hydrogen-bond acceptors (Lipinski definition) is 4. The molecule has 1 aromatic rings. The van der Waals surface area contributed by atoms with Crippen LogP contribution < -0.4 is 10.0 Å². The van der Waals surface area contributed by atoms with E-state index >= 15 is 0 Å². The normalized spacial score (nSPS) is 11.7. The summed E-state index contributed by atoms with van der Waals surface area (Å²) in [6, 6.07) is 5.94. The van der Waals surface area contributed by atoms with Gasteiger partial charge < -0.3 is 10.1 Å². The number of nitrogens with one attached hydrogen (secondary N) is 2. The van der Waals surface area contributed by atoms with Gasteiger partial charge in [0.05, 0.1) is 11.5 Å². The van der Waals surface area contributed by atoms with Gasteiger partial charge in [-0.1, -0.05) is 39.5 Å². The highest BCUT2D eigenvalue weighted by atomic mass is 32.2. The van der Waals surface area contributed by atoms with E-state index in [2.05, 4.69) is 23.9 Å². The molecule has 0 spiro atoms. The molecule has 1 rings (SSSR count). The minimum atomic E-state index is -3.57. The summed E-state index contributed by atoms with van der Waals surface area (Å²) in [5, 5.41) is 2.88. The summed E-state index contributed by atoms with van der Waals surface area (Å²) in [6.07, 6.45) is 5.75. The average Bonchev–Trinajstić information content (AvgIpc) is 2.60. The van der Waals surface area contributed by atoms with E-state index in [1.165, 1.54) is 50.6 Å². The molecule has 0 aliphatic carbocycles. The van der Waals surface area contributed by atoms with Crippen molar-refractivity contribution in [2.75, 3.05) is 26.8 Å². The van der Waals surface area contributed by atoms with Crippen molar-refractivity contribution in [3.8, 4) is 0 Å². The van der Waals surface area contributed by atoms with Crippen LogP contribution >= 0.6 is 0 Å². The number of carbonyl (C=O) groups is 1. The van der Waals surface area contributed by atoms with E-state index in [4.69, 9.17) is 4.74 Å². The maximum atomic E-state index is 12.1. The fraction of sp³-hybridized carbons (Fsp3) is 0.632. The molecule has 0 atom stereocenters. The Morgan fingerprint density at radius 2 is 1.69 bits per heavy atom. The minimum Gasteiger partial charge on any atom is -0.383 e. The SMILES string of the molecule is COCCNS(=O)(=O)c1ccc(C(=O)NCCCCCCC(C)C)cc1. The molecule has 0 unspecified atom stereocenters. The van der Waals surface area contributed by atoms with Gasteiger partial charge in [-0.05, 0) is 36.6 Å². The Bertz CT molecular complexity index is 627. The van der Waals surface area contributed by atoms with Gasteiger partial charge >= 0.3 is 0 Å².